The molecule has 0 unspecified atom stereocenters. The Balaban J connectivity index is 1.89. The van der Waals surface area contributed by atoms with E-state index in [9.17, 15) is 8.42 Å². The zero-order valence-electron chi connectivity index (χ0n) is 14.3. The number of hydrogen-bond donors (Lipinski definition) is 1. The molecule has 0 atom stereocenters. The van der Waals surface area contributed by atoms with E-state index in [1.54, 1.807) is 18.2 Å². The fourth-order valence-electron chi connectivity index (χ4n) is 2.62. The molecule has 0 saturated heterocycles. The Morgan fingerprint density at radius 1 is 1.08 bits per heavy atom. The highest BCUT2D eigenvalue weighted by Gasteiger charge is 2.20. The van der Waals surface area contributed by atoms with E-state index in [1.807, 2.05) is 13.1 Å². The molecule has 0 radical (unpaired) electrons. The fourth-order valence-corrected chi connectivity index (χ4v) is 3.68. The second-order valence-electron chi connectivity index (χ2n) is 5.57. The average Bonchev–Trinajstić information content (AvgIpc) is 2.60. The highest BCUT2D eigenvalue weighted by molar-refractivity contribution is 7.92. The minimum atomic E-state index is -3.77. The quantitative estimate of drug-likeness (QED) is 0.877. The second-order valence-corrected chi connectivity index (χ2v) is 7.26. The lowest BCUT2D eigenvalue weighted by atomic mass is 10.2. The van der Waals surface area contributed by atoms with E-state index in [-0.39, 0.29) is 4.90 Å². The van der Waals surface area contributed by atoms with Gasteiger partial charge in [-0.15, -0.1) is 0 Å². The van der Waals surface area contributed by atoms with Crippen LogP contribution in [-0.2, 0) is 10.0 Å². The Labute approximate surface area is 147 Å². The molecule has 2 aromatic carbocycles. The van der Waals surface area contributed by atoms with Gasteiger partial charge in [-0.1, -0.05) is 0 Å². The Bertz CT molecular complexity index is 883. The molecule has 8 heteroatoms. The van der Waals surface area contributed by atoms with Crippen molar-refractivity contribution in [2.45, 2.75) is 4.90 Å². The monoisotopic (exact) mass is 364 g/mol. The number of ether oxygens (including phenoxy) is 3. The summed E-state index contributed by atoms with van der Waals surface area (Å²) >= 11 is 0. The zero-order valence-corrected chi connectivity index (χ0v) is 15.1. The van der Waals surface area contributed by atoms with Crippen molar-refractivity contribution in [3.8, 4) is 17.2 Å². The van der Waals surface area contributed by atoms with E-state index in [2.05, 4.69) is 9.62 Å². The summed E-state index contributed by atoms with van der Waals surface area (Å²) in [6.07, 6.45) is 0. The summed E-state index contributed by atoms with van der Waals surface area (Å²) in [5.41, 5.74) is 1.36. The minimum Gasteiger partial charge on any atom is -0.493 e. The molecule has 1 N–H and O–H groups in total. The summed E-state index contributed by atoms with van der Waals surface area (Å²) in [4.78, 5) is 2.15. The zero-order chi connectivity index (χ0) is 18.0. The molecule has 0 saturated carbocycles. The Morgan fingerprint density at radius 3 is 2.56 bits per heavy atom. The Morgan fingerprint density at radius 2 is 1.84 bits per heavy atom. The topological polar surface area (TPSA) is 77.1 Å². The molecule has 0 aromatic heterocycles. The van der Waals surface area contributed by atoms with Crippen LogP contribution < -0.4 is 23.8 Å². The molecule has 0 amide bonds. The van der Waals surface area contributed by atoms with Crippen molar-refractivity contribution in [2.75, 3.05) is 44.0 Å². The van der Waals surface area contributed by atoms with Crippen molar-refractivity contribution in [3.63, 3.8) is 0 Å². The molecule has 1 aliphatic rings. The van der Waals surface area contributed by atoms with E-state index < -0.39 is 10.0 Å². The molecule has 134 valence electrons. The summed E-state index contributed by atoms with van der Waals surface area (Å²) in [6, 6.07) is 9.67. The van der Waals surface area contributed by atoms with E-state index >= 15 is 0 Å². The van der Waals surface area contributed by atoms with Gasteiger partial charge in [0.05, 0.1) is 37.0 Å². The van der Waals surface area contributed by atoms with Crippen molar-refractivity contribution in [3.05, 3.63) is 36.4 Å². The molecular weight excluding hydrogens is 344 g/mol. The van der Waals surface area contributed by atoms with Crippen LogP contribution in [0.25, 0.3) is 0 Å². The fraction of sp³-hybridized carbons (Fsp3) is 0.294. The summed E-state index contributed by atoms with van der Waals surface area (Å²) in [7, 11) is 1.15. The van der Waals surface area contributed by atoms with Crippen LogP contribution in [0.3, 0.4) is 0 Å². The van der Waals surface area contributed by atoms with Crippen molar-refractivity contribution in [2.24, 2.45) is 0 Å². The predicted molar refractivity (Wildman–Crippen MR) is 95.6 cm³/mol. The van der Waals surface area contributed by atoms with Gasteiger partial charge in [0.1, 0.15) is 12.4 Å². The molecule has 0 spiro atoms. The first-order valence-electron chi connectivity index (χ1n) is 7.67. The number of hydrogen-bond acceptors (Lipinski definition) is 6. The third-order valence-corrected chi connectivity index (χ3v) is 5.35. The van der Waals surface area contributed by atoms with Crippen molar-refractivity contribution in [1.82, 2.24) is 0 Å². The van der Waals surface area contributed by atoms with Gasteiger partial charge in [-0.05, 0) is 24.3 Å². The molecule has 2 aromatic rings. The first-order chi connectivity index (χ1) is 11.9. The van der Waals surface area contributed by atoms with Gasteiger partial charge in [-0.3, -0.25) is 4.72 Å². The number of fused-ring (bicyclic) bond motifs is 1. The molecule has 1 heterocycles. The molecule has 25 heavy (non-hydrogen) atoms. The largest absolute Gasteiger partial charge is 0.493 e. The van der Waals surface area contributed by atoms with Gasteiger partial charge in [0.15, 0.2) is 11.5 Å². The molecule has 1 aliphatic heterocycles. The number of benzene rings is 2. The van der Waals surface area contributed by atoms with Gasteiger partial charge >= 0.3 is 0 Å². The number of nitrogens with one attached hydrogen (secondary N) is 1. The van der Waals surface area contributed by atoms with Crippen LogP contribution in [0.5, 0.6) is 17.2 Å². The van der Waals surface area contributed by atoms with Crippen LogP contribution >= 0.6 is 0 Å². The van der Waals surface area contributed by atoms with Crippen molar-refractivity contribution < 1.29 is 22.6 Å². The van der Waals surface area contributed by atoms with Gasteiger partial charge in [0.25, 0.3) is 10.0 Å². The predicted octanol–water partition coefficient (Wildman–Crippen LogP) is 2.33. The average molecular weight is 364 g/mol. The number of methoxy groups -OCH3 is 2. The first-order valence-corrected chi connectivity index (χ1v) is 9.16. The van der Waals surface area contributed by atoms with Gasteiger partial charge in [0, 0.05) is 19.2 Å². The van der Waals surface area contributed by atoms with E-state index in [1.165, 1.54) is 26.4 Å². The second kappa shape index (κ2) is 6.72. The van der Waals surface area contributed by atoms with Gasteiger partial charge in [0.2, 0.25) is 0 Å². The molecule has 7 nitrogen and oxygen atoms in total. The third-order valence-electron chi connectivity index (χ3n) is 3.97. The lowest BCUT2D eigenvalue weighted by Gasteiger charge is -2.28. The number of anilines is 2. The van der Waals surface area contributed by atoms with Crippen LogP contribution in [0.4, 0.5) is 11.4 Å². The summed E-state index contributed by atoms with van der Waals surface area (Å²) in [5, 5.41) is 0. The van der Waals surface area contributed by atoms with Crippen LogP contribution in [0.15, 0.2) is 41.3 Å². The van der Waals surface area contributed by atoms with E-state index in [4.69, 9.17) is 14.2 Å². The maximum atomic E-state index is 12.6. The van der Waals surface area contributed by atoms with Crippen molar-refractivity contribution >= 4 is 21.4 Å². The normalized spacial score (nSPS) is 13.6. The standard InChI is InChI=1S/C17H20N2O5S/c1-19-8-9-24-16-10-12(4-6-14(16)19)18-25(20,21)13-5-7-15(22-2)17(11-13)23-3/h4-7,10-11,18H,8-9H2,1-3H3. The van der Waals surface area contributed by atoms with E-state index in [0.29, 0.717) is 29.5 Å². The number of likely N-dealkylation sites (N-methyl/N-ethyl adjacent to an activating group) is 1. The van der Waals surface area contributed by atoms with Crippen LogP contribution in [-0.4, -0.2) is 42.8 Å². The number of sulfonamides is 1. The highest BCUT2D eigenvalue weighted by Crippen LogP contribution is 2.34. The number of rotatable bonds is 5. The smallest absolute Gasteiger partial charge is 0.262 e. The van der Waals surface area contributed by atoms with Crippen molar-refractivity contribution in [1.29, 1.82) is 0 Å². The molecule has 3 rings (SSSR count). The third kappa shape index (κ3) is 3.43. The SMILES string of the molecule is COc1ccc(S(=O)(=O)Nc2ccc3c(c2)OCCN3C)cc1OC. The van der Waals surface area contributed by atoms with Gasteiger partial charge in [-0.25, -0.2) is 8.42 Å². The highest BCUT2D eigenvalue weighted by atomic mass is 32.2. The lowest BCUT2D eigenvalue weighted by Crippen LogP contribution is -2.28. The molecule has 0 aliphatic carbocycles. The first kappa shape index (κ1) is 17.2. The Kier molecular flexibility index (Phi) is 4.63. The molecule has 0 fully saturated rings. The summed E-state index contributed by atoms with van der Waals surface area (Å²) in [6.45, 7) is 1.36. The summed E-state index contributed by atoms with van der Waals surface area (Å²) in [5.74, 6) is 1.47. The molecular formula is C17H20N2O5S. The lowest BCUT2D eigenvalue weighted by molar-refractivity contribution is 0.311. The minimum absolute atomic E-state index is 0.0842. The maximum absolute atomic E-state index is 12.6. The van der Waals surface area contributed by atoms with Crippen LogP contribution in [0.1, 0.15) is 0 Å². The Hall–Kier alpha value is -2.61. The van der Waals surface area contributed by atoms with Crippen LogP contribution in [0, 0.1) is 0 Å². The molecule has 0 bridgehead atoms. The number of nitrogens with zero attached hydrogens (tertiary/aromatic N) is 1. The van der Waals surface area contributed by atoms with Crippen LogP contribution in [0.2, 0.25) is 0 Å². The van der Waals surface area contributed by atoms with Gasteiger partial charge in [-0.2, -0.15) is 0 Å². The summed E-state index contributed by atoms with van der Waals surface area (Å²) < 4.78 is 43.8. The van der Waals surface area contributed by atoms with E-state index in [0.717, 1.165) is 12.2 Å². The van der Waals surface area contributed by atoms with Gasteiger partial charge < -0.3 is 19.1 Å². The maximum Gasteiger partial charge on any atom is 0.262 e.